The van der Waals surface area contributed by atoms with E-state index in [0.717, 1.165) is 11.1 Å². The first-order valence-electron chi connectivity index (χ1n) is 5.15. The average Bonchev–Trinajstić information content (AvgIpc) is 2.38. The molecule has 0 aliphatic rings. The van der Waals surface area contributed by atoms with Gasteiger partial charge in [0.25, 0.3) is 0 Å². The van der Waals surface area contributed by atoms with Crippen LogP contribution in [0, 0.1) is 11.9 Å². The highest BCUT2D eigenvalue weighted by Crippen LogP contribution is 2.37. The van der Waals surface area contributed by atoms with E-state index in [1.165, 1.54) is 12.1 Å². The summed E-state index contributed by atoms with van der Waals surface area (Å²) in [5.41, 5.74) is 1.59. The first kappa shape index (κ1) is 11.5. The van der Waals surface area contributed by atoms with Crippen LogP contribution < -0.4 is 9.47 Å². The van der Waals surface area contributed by atoms with Crippen LogP contribution in [0.2, 0.25) is 0 Å². The van der Waals surface area contributed by atoms with Crippen molar-refractivity contribution < 1.29 is 13.9 Å². The number of methoxy groups -OCH3 is 2. The first-order chi connectivity index (χ1) is 8.26. The van der Waals surface area contributed by atoms with Gasteiger partial charge in [0.2, 0.25) is 0 Å². The van der Waals surface area contributed by atoms with Gasteiger partial charge in [0, 0.05) is 5.56 Å². The molecule has 0 unspecified atom stereocenters. The Labute approximate surface area is 99.6 Å². The number of rotatable bonds is 3. The summed E-state index contributed by atoms with van der Waals surface area (Å²) in [4.78, 5) is 0. The van der Waals surface area contributed by atoms with Gasteiger partial charge in [-0.1, -0.05) is 18.2 Å². The van der Waals surface area contributed by atoms with Crippen LogP contribution in [0.5, 0.6) is 11.5 Å². The lowest BCUT2D eigenvalue weighted by molar-refractivity contribution is 0.356. The zero-order chi connectivity index (χ0) is 12.3. The lowest BCUT2D eigenvalue weighted by Gasteiger charge is -2.12. The van der Waals surface area contributed by atoms with E-state index in [9.17, 15) is 4.39 Å². The van der Waals surface area contributed by atoms with E-state index in [1.54, 1.807) is 20.3 Å². The molecule has 1 radical (unpaired) electrons. The SMILES string of the molecule is COc1cccc(-c2[c]cc(F)cc2)c1OC. The molecular weight excluding hydrogens is 219 g/mol. The molecule has 87 valence electrons. The van der Waals surface area contributed by atoms with Gasteiger partial charge in [0.05, 0.1) is 14.2 Å². The fourth-order valence-electron chi connectivity index (χ4n) is 1.67. The van der Waals surface area contributed by atoms with Crippen molar-refractivity contribution in [1.82, 2.24) is 0 Å². The molecule has 0 aliphatic heterocycles. The molecular formula is C14H12FO2. The fourth-order valence-corrected chi connectivity index (χ4v) is 1.67. The second kappa shape index (κ2) is 4.87. The Bertz CT molecular complexity index is 506. The minimum atomic E-state index is -0.310. The molecule has 2 aromatic rings. The third kappa shape index (κ3) is 2.23. The molecule has 3 heteroatoms. The largest absolute Gasteiger partial charge is 0.493 e. The standard InChI is InChI=1S/C14H12FO2/c1-16-13-5-3-4-12(14(13)17-2)10-6-8-11(15)9-7-10/h3-6,8-9H,1-2H3. The van der Waals surface area contributed by atoms with Crippen molar-refractivity contribution in [2.75, 3.05) is 14.2 Å². The normalized spacial score (nSPS) is 10.1. The van der Waals surface area contributed by atoms with Crippen molar-refractivity contribution in [3.05, 3.63) is 48.3 Å². The summed E-state index contributed by atoms with van der Waals surface area (Å²) in [6, 6.07) is 12.8. The van der Waals surface area contributed by atoms with Gasteiger partial charge in [-0.05, 0) is 29.8 Å². The van der Waals surface area contributed by atoms with Crippen molar-refractivity contribution in [3.8, 4) is 22.6 Å². The van der Waals surface area contributed by atoms with E-state index in [-0.39, 0.29) is 5.82 Å². The van der Waals surface area contributed by atoms with Gasteiger partial charge < -0.3 is 9.47 Å². The number of benzene rings is 2. The molecule has 0 spiro atoms. The van der Waals surface area contributed by atoms with Crippen molar-refractivity contribution in [3.63, 3.8) is 0 Å². The quantitative estimate of drug-likeness (QED) is 0.806. The summed E-state index contributed by atoms with van der Waals surface area (Å²) in [6.45, 7) is 0. The molecule has 0 saturated carbocycles. The van der Waals surface area contributed by atoms with E-state index < -0.39 is 0 Å². The van der Waals surface area contributed by atoms with Gasteiger partial charge in [-0.3, -0.25) is 0 Å². The van der Waals surface area contributed by atoms with Gasteiger partial charge in [-0.15, -0.1) is 0 Å². The molecule has 0 N–H and O–H groups in total. The Hall–Kier alpha value is -2.03. The summed E-state index contributed by atoms with van der Waals surface area (Å²) in [6.07, 6.45) is 0. The average molecular weight is 231 g/mol. The molecule has 0 amide bonds. The van der Waals surface area contributed by atoms with Gasteiger partial charge >= 0.3 is 0 Å². The first-order valence-corrected chi connectivity index (χ1v) is 5.15. The molecule has 0 aromatic heterocycles. The van der Waals surface area contributed by atoms with E-state index in [2.05, 4.69) is 6.07 Å². The molecule has 2 nitrogen and oxygen atoms in total. The van der Waals surface area contributed by atoms with Gasteiger partial charge in [0.1, 0.15) is 5.82 Å². The second-order valence-corrected chi connectivity index (χ2v) is 3.46. The number of hydrogen-bond donors (Lipinski definition) is 0. The zero-order valence-corrected chi connectivity index (χ0v) is 9.66. The van der Waals surface area contributed by atoms with Crippen LogP contribution in [-0.2, 0) is 0 Å². The highest BCUT2D eigenvalue weighted by Gasteiger charge is 2.11. The summed E-state index contributed by atoms with van der Waals surface area (Å²) < 4.78 is 23.4. The lowest BCUT2D eigenvalue weighted by atomic mass is 10.0. The monoisotopic (exact) mass is 231 g/mol. The molecule has 17 heavy (non-hydrogen) atoms. The van der Waals surface area contributed by atoms with E-state index >= 15 is 0 Å². The Morgan fingerprint density at radius 1 is 1.06 bits per heavy atom. The van der Waals surface area contributed by atoms with Crippen molar-refractivity contribution in [1.29, 1.82) is 0 Å². The third-order valence-corrected chi connectivity index (χ3v) is 2.47. The second-order valence-electron chi connectivity index (χ2n) is 3.46. The van der Waals surface area contributed by atoms with Crippen LogP contribution in [0.4, 0.5) is 4.39 Å². The minimum absolute atomic E-state index is 0.310. The minimum Gasteiger partial charge on any atom is -0.493 e. The number of para-hydroxylation sites is 1. The van der Waals surface area contributed by atoms with Crippen LogP contribution in [0.25, 0.3) is 11.1 Å². The predicted octanol–water partition coefficient (Wildman–Crippen LogP) is 3.31. The Kier molecular flexibility index (Phi) is 3.28. The van der Waals surface area contributed by atoms with Crippen LogP contribution >= 0.6 is 0 Å². The van der Waals surface area contributed by atoms with Crippen molar-refractivity contribution >= 4 is 0 Å². The smallest absolute Gasteiger partial charge is 0.168 e. The molecule has 2 aromatic carbocycles. The van der Waals surface area contributed by atoms with E-state index in [0.29, 0.717) is 11.5 Å². The van der Waals surface area contributed by atoms with Crippen LogP contribution in [0.3, 0.4) is 0 Å². The summed E-state index contributed by atoms with van der Waals surface area (Å²) in [7, 11) is 3.15. The third-order valence-electron chi connectivity index (χ3n) is 2.47. The molecule has 0 aliphatic carbocycles. The van der Waals surface area contributed by atoms with Gasteiger partial charge in [0.15, 0.2) is 11.5 Å². The molecule has 0 saturated heterocycles. The predicted molar refractivity (Wildman–Crippen MR) is 63.8 cm³/mol. The topological polar surface area (TPSA) is 18.5 Å². The molecule has 0 fully saturated rings. The lowest BCUT2D eigenvalue weighted by Crippen LogP contribution is -1.93. The molecule has 2 rings (SSSR count). The Balaban J connectivity index is 2.54. The van der Waals surface area contributed by atoms with E-state index in [4.69, 9.17) is 9.47 Å². The number of ether oxygens (including phenoxy) is 2. The van der Waals surface area contributed by atoms with Crippen LogP contribution in [-0.4, -0.2) is 14.2 Å². The van der Waals surface area contributed by atoms with Gasteiger partial charge in [-0.25, -0.2) is 4.39 Å². The Morgan fingerprint density at radius 2 is 1.88 bits per heavy atom. The maximum Gasteiger partial charge on any atom is 0.168 e. The Morgan fingerprint density at radius 3 is 2.47 bits per heavy atom. The molecule has 0 atom stereocenters. The van der Waals surface area contributed by atoms with Gasteiger partial charge in [-0.2, -0.15) is 0 Å². The highest BCUT2D eigenvalue weighted by atomic mass is 19.1. The van der Waals surface area contributed by atoms with Crippen molar-refractivity contribution in [2.24, 2.45) is 0 Å². The van der Waals surface area contributed by atoms with Crippen LogP contribution in [0.15, 0.2) is 36.4 Å². The summed E-state index contributed by atoms with van der Waals surface area (Å²) >= 11 is 0. The highest BCUT2D eigenvalue weighted by molar-refractivity contribution is 5.73. The zero-order valence-electron chi connectivity index (χ0n) is 9.66. The summed E-state index contributed by atoms with van der Waals surface area (Å²) in [5.74, 6) is 0.955. The number of halogens is 1. The number of hydrogen-bond acceptors (Lipinski definition) is 2. The van der Waals surface area contributed by atoms with Crippen molar-refractivity contribution in [2.45, 2.75) is 0 Å². The van der Waals surface area contributed by atoms with Crippen LogP contribution in [0.1, 0.15) is 0 Å². The molecule has 0 heterocycles. The maximum atomic E-state index is 12.8. The summed E-state index contributed by atoms with van der Waals surface area (Å²) in [5, 5.41) is 0. The maximum absolute atomic E-state index is 12.8. The fraction of sp³-hybridized carbons (Fsp3) is 0.143. The van der Waals surface area contributed by atoms with E-state index in [1.807, 2.05) is 18.2 Å². The molecule has 0 bridgehead atoms.